The molecular formula is C13H10BCl2NO3. The van der Waals surface area contributed by atoms with Gasteiger partial charge in [0.15, 0.2) is 0 Å². The maximum Gasteiger partial charge on any atom is 0.491 e. The fourth-order valence-corrected chi connectivity index (χ4v) is 2.80. The fraction of sp³-hybridized carbons (Fsp3) is 0.154. The molecular weight excluding hydrogens is 300 g/mol. The van der Waals surface area contributed by atoms with E-state index in [-0.39, 0.29) is 0 Å². The first-order valence-electron chi connectivity index (χ1n) is 5.92. The summed E-state index contributed by atoms with van der Waals surface area (Å²) in [6, 6.07) is 5.32. The monoisotopic (exact) mass is 309 g/mol. The van der Waals surface area contributed by atoms with Gasteiger partial charge in [0.05, 0.1) is 13.7 Å². The van der Waals surface area contributed by atoms with Crippen molar-refractivity contribution in [2.45, 2.75) is 6.61 Å². The molecule has 1 aromatic carbocycles. The van der Waals surface area contributed by atoms with Crippen molar-refractivity contribution in [1.29, 1.82) is 0 Å². The predicted octanol–water partition coefficient (Wildman–Crippen LogP) is 2.28. The van der Waals surface area contributed by atoms with E-state index in [1.165, 1.54) is 7.11 Å². The molecule has 0 radical (unpaired) electrons. The highest BCUT2D eigenvalue weighted by Crippen LogP contribution is 2.37. The first-order chi connectivity index (χ1) is 9.61. The Balaban J connectivity index is 2.18. The van der Waals surface area contributed by atoms with Crippen molar-refractivity contribution in [3.63, 3.8) is 0 Å². The Labute approximate surface area is 126 Å². The van der Waals surface area contributed by atoms with Crippen molar-refractivity contribution in [1.82, 2.24) is 4.98 Å². The average molecular weight is 310 g/mol. The van der Waals surface area contributed by atoms with Gasteiger partial charge in [-0.2, -0.15) is 0 Å². The van der Waals surface area contributed by atoms with Crippen molar-refractivity contribution in [3.8, 4) is 17.0 Å². The summed E-state index contributed by atoms with van der Waals surface area (Å²) >= 11 is 12.6. The van der Waals surface area contributed by atoms with Gasteiger partial charge in [-0.1, -0.05) is 29.3 Å². The van der Waals surface area contributed by atoms with Crippen LogP contribution in [0.1, 0.15) is 5.56 Å². The Morgan fingerprint density at radius 2 is 2.15 bits per heavy atom. The molecule has 2 aromatic rings. The largest absolute Gasteiger partial charge is 0.491 e. The normalized spacial score (nSPS) is 13.5. The molecule has 1 aliphatic heterocycles. The molecule has 0 amide bonds. The lowest BCUT2D eigenvalue weighted by molar-refractivity contribution is 0.275. The van der Waals surface area contributed by atoms with E-state index >= 15 is 0 Å². The number of hydrogen-bond donors (Lipinski definition) is 1. The molecule has 102 valence electrons. The van der Waals surface area contributed by atoms with Crippen LogP contribution < -0.4 is 10.2 Å². The van der Waals surface area contributed by atoms with E-state index in [0.717, 1.165) is 5.56 Å². The quantitative estimate of drug-likeness (QED) is 0.865. The van der Waals surface area contributed by atoms with Crippen LogP contribution in [0.25, 0.3) is 11.1 Å². The van der Waals surface area contributed by atoms with E-state index in [1.54, 1.807) is 24.4 Å². The molecule has 20 heavy (non-hydrogen) atoms. The molecule has 0 bridgehead atoms. The van der Waals surface area contributed by atoms with Crippen LogP contribution in [0, 0.1) is 0 Å². The Kier molecular flexibility index (Phi) is 3.60. The minimum absolute atomic E-state index is 0.331. The van der Waals surface area contributed by atoms with Crippen LogP contribution in [0.4, 0.5) is 0 Å². The van der Waals surface area contributed by atoms with Gasteiger partial charge in [-0.3, -0.25) is 0 Å². The summed E-state index contributed by atoms with van der Waals surface area (Å²) in [5.74, 6) is 0.331. The van der Waals surface area contributed by atoms with E-state index in [4.69, 9.17) is 32.6 Å². The summed E-state index contributed by atoms with van der Waals surface area (Å²) in [5, 5.41) is 10.7. The number of rotatable bonds is 2. The zero-order valence-corrected chi connectivity index (χ0v) is 12.1. The number of halogens is 2. The van der Waals surface area contributed by atoms with Crippen molar-refractivity contribution >= 4 is 35.8 Å². The van der Waals surface area contributed by atoms with Gasteiger partial charge in [0.25, 0.3) is 0 Å². The Hall–Kier alpha value is -1.27. The molecule has 0 spiro atoms. The lowest BCUT2D eigenvalue weighted by Gasteiger charge is -2.11. The van der Waals surface area contributed by atoms with Gasteiger partial charge in [0, 0.05) is 22.3 Å². The second-order valence-electron chi connectivity index (χ2n) is 4.38. The molecule has 0 aliphatic carbocycles. The van der Waals surface area contributed by atoms with Crippen LogP contribution in [0.15, 0.2) is 24.4 Å². The zero-order valence-electron chi connectivity index (χ0n) is 10.6. The van der Waals surface area contributed by atoms with E-state index in [0.29, 0.717) is 39.1 Å². The third-order valence-corrected chi connectivity index (χ3v) is 3.91. The number of fused-ring (bicyclic) bond motifs is 1. The minimum Gasteiger partial charge on any atom is -0.480 e. The number of hydrogen-bond acceptors (Lipinski definition) is 4. The number of methoxy groups -OCH3 is 1. The van der Waals surface area contributed by atoms with Crippen LogP contribution in [0.3, 0.4) is 0 Å². The lowest BCUT2D eigenvalue weighted by atomic mass is 9.78. The molecule has 3 rings (SSSR count). The maximum absolute atomic E-state index is 9.78. The van der Waals surface area contributed by atoms with Crippen LogP contribution in [0.5, 0.6) is 5.88 Å². The third kappa shape index (κ3) is 2.17. The minimum atomic E-state index is -0.927. The standard InChI is InChI=1S/C13H10BCl2NO3/c1-19-13-12(16)8(2-3-17-13)9-5-10-7(4-11(9)15)6-20-14(10)18/h2-5,18H,6H2,1H3. The molecule has 0 saturated heterocycles. The summed E-state index contributed by atoms with van der Waals surface area (Å²) < 4.78 is 10.3. The van der Waals surface area contributed by atoms with Crippen molar-refractivity contribution in [3.05, 3.63) is 40.0 Å². The molecule has 4 nitrogen and oxygen atoms in total. The predicted molar refractivity (Wildman–Crippen MR) is 78.6 cm³/mol. The summed E-state index contributed by atoms with van der Waals surface area (Å²) in [5.41, 5.74) is 2.99. The molecule has 1 aliphatic rings. The number of nitrogens with zero attached hydrogens (tertiary/aromatic N) is 1. The molecule has 7 heteroatoms. The van der Waals surface area contributed by atoms with Gasteiger partial charge >= 0.3 is 7.12 Å². The second-order valence-corrected chi connectivity index (χ2v) is 5.16. The number of benzene rings is 1. The van der Waals surface area contributed by atoms with E-state index in [1.807, 2.05) is 0 Å². The zero-order chi connectivity index (χ0) is 14.3. The van der Waals surface area contributed by atoms with Crippen LogP contribution in [0.2, 0.25) is 10.0 Å². The van der Waals surface area contributed by atoms with Gasteiger partial charge in [0.1, 0.15) is 5.02 Å². The van der Waals surface area contributed by atoms with Crippen molar-refractivity contribution in [2.75, 3.05) is 7.11 Å². The van der Waals surface area contributed by atoms with E-state index in [2.05, 4.69) is 4.98 Å². The molecule has 1 N–H and O–H groups in total. The highest BCUT2D eigenvalue weighted by Gasteiger charge is 2.29. The topological polar surface area (TPSA) is 51.6 Å². The molecule has 1 aromatic heterocycles. The van der Waals surface area contributed by atoms with E-state index < -0.39 is 7.12 Å². The Morgan fingerprint density at radius 1 is 1.35 bits per heavy atom. The maximum atomic E-state index is 9.78. The Bertz CT molecular complexity index is 681. The first kappa shape index (κ1) is 13.7. The van der Waals surface area contributed by atoms with E-state index in [9.17, 15) is 5.02 Å². The van der Waals surface area contributed by atoms with Crippen molar-refractivity contribution < 1.29 is 14.4 Å². The average Bonchev–Trinajstić information content (AvgIpc) is 2.79. The molecule has 0 atom stereocenters. The first-order valence-corrected chi connectivity index (χ1v) is 6.68. The second kappa shape index (κ2) is 5.26. The molecule has 0 fully saturated rings. The van der Waals surface area contributed by atoms with Gasteiger partial charge in [-0.25, -0.2) is 4.98 Å². The number of pyridine rings is 1. The van der Waals surface area contributed by atoms with Crippen LogP contribution in [-0.4, -0.2) is 24.2 Å². The molecule has 0 saturated carbocycles. The molecule has 0 unspecified atom stereocenters. The van der Waals surface area contributed by atoms with Gasteiger partial charge < -0.3 is 14.4 Å². The Morgan fingerprint density at radius 3 is 2.90 bits per heavy atom. The van der Waals surface area contributed by atoms with Crippen molar-refractivity contribution in [2.24, 2.45) is 0 Å². The number of ether oxygens (including phenoxy) is 1. The summed E-state index contributed by atoms with van der Waals surface area (Å²) in [4.78, 5) is 4.03. The third-order valence-electron chi connectivity index (χ3n) is 3.23. The number of aromatic nitrogens is 1. The highest BCUT2D eigenvalue weighted by molar-refractivity contribution is 6.62. The summed E-state index contributed by atoms with van der Waals surface area (Å²) in [6.07, 6.45) is 1.59. The van der Waals surface area contributed by atoms with Gasteiger partial charge in [-0.15, -0.1) is 0 Å². The molecule has 2 heterocycles. The van der Waals surface area contributed by atoms with Gasteiger partial charge in [-0.05, 0) is 23.2 Å². The lowest BCUT2D eigenvalue weighted by Crippen LogP contribution is -2.28. The fourth-order valence-electron chi connectivity index (χ4n) is 2.23. The highest BCUT2D eigenvalue weighted by atomic mass is 35.5. The SMILES string of the molecule is COc1nccc(-c2cc3c(cc2Cl)COB3O)c1Cl. The summed E-state index contributed by atoms with van der Waals surface area (Å²) in [7, 11) is 0.573. The summed E-state index contributed by atoms with van der Waals surface area (Å²) in [6.45, 7) is 0.351. The smallest absolute Gasteiger partial charge is 0.480 e. The van der Waals surface area contributed by atoms with Crippen LogP contribution in [-0.2, 0) is 11.3 Å². The van der Waals surface area contributed by atoms with Gasteiger partial charge in [0.2, 0.25) is 5.88 Å². The van der Waals surface area contributed by atoms with Crippen LogP contribution >= 0.6 is 23.2 Å².